The monoisotopic (exact) mass is 260 g/mol. The van der Waals surface area contributed by atoms with Gasteiger partial charge in [-0.3, -0.25) is 4.79 Å². The zero-order valence-electron chi connectivity index (χ0n) is 11.2. The quantitative estimate of drug-likeness (QED) is 0.779. The first-order valence-corrected chi connectivity index (χ1v) is 6.05. The Bertz CT molecular complexity index is 556. The van der Waals surface area contributed by atoms with Crippen LogP contribution in [0.5, 0.6) is 0 Å². The third kappa shape index (κ3) is 3.40. The average Bonchev–Trinajstić information content (AvgIpc) is 2.25. The van der Waals surface area contributed by atoms with Gasteiger partial charge in [0.25, 0.3) is 0 Å². The van der Waals surface area contributed by atoms with Gasteiger partial charge in [0, 0.05) is 11.3 Å². The van der Waals surface area contributed by atoms with E-state index in [2.05, 4.69) is 10.3 Å². The summed E-state index contributed by atoms with van der Waals surface area (Å²) in [5, 5.41) is 2.74. The Morgan fingerprint density at radius 3 is 2.68 bits per heavy atom. The van der Waals surface area contributed by atoms with E-state index in [1.54, 1.807) is 26.8 Å². The van der Waals surface area contributed by atoms with Crippen LogP contribution in [0.25, 0.3) is 0 Å². The molecule has 1 aromatic rings. The second kappa shape index (κ2) is 4.84. The van der Waals surface area contributed by atoms with E-state index in [1.165, 1.54) is 0 Å². The number of carbonyl (C=O) groups is 2. The molecule has 1 aliphatic rings. The van der Waals surface area contributed by atoms with E-state index < -0.39 is 11.7 Å². The number of fused-ring (bicyclic) bond motifs is 1. The highest BCUT2D eigenvalue weighted by Gasteiger charge is 2.23. The number of anilines is 1. The molecule has 1 aliphatic heterocycles. The Labute approximate surface area is 111 Å². The summed E-state index contributed by atoms with van der Waals surface area (Å²) >= 11 is 0. The van der Waals surface area contributed by atoms with Crippen LogP contribution < -0.4 is 5.32 Å². The maximum Gasteiger partial charge on any atom is 0.434 e. The number of benzene rings is 1. The average molecular weight is 260 g/mol. The first-order valence-electron chi connectivity index (χ1n) is 6.05. The van der Waals surface area contributed by atoms with Crippen molar-refractivity contribution in [3.63, 3.8) is 0 Å². The molecule has 0 aliphatic carbocycles. The first kappa shape index (κ1) is 13.3. The first-order chi connectivity index (χ1) is 8.85. The molecule has 1 N–H and O–H groups in total. The number of ether oxygens (including phenoxy) is 1. The molecule has 19 heavy (non-hydrogen) atoms. The van der Waals surface area contributed by atoms with Gasteiger partial charge in [-0.1, -0.05) is 18.2 Å². The lowest BCUT2D eigenvalue weighted by atomic mass is 10.0. The van der Waals surface area contributed by atoms with Crippen LogP contribution in [0.3, 0.4) is 0 Å². The summed E-state index contributed by atoms with van der Waals surface area (Å²) in [5.41, 5.74) is 1.26. The van der Waals surface area contributed by atoms with Crippen LogP contribution in [0.1, 0.15) is 32.8 Å². The van der Waals surface area contributed by atoms with E-state index >= 15 is 0 Å². The Kier molecular flexibility index (Phi) is 3.38. The highest BCUT2D eigenvalue weighted by Crippen LogP contribution is 2.23. The van der Waals surface area contributed by atoms with Crippen LogP contribution in [0.15, 0.2) is 29.3 Å². The fourth-order valence-corrected chi connectivity index (χ4v) is 1.78. The number of nitrogens with one attached hydrogen (secondary N) is 1. The summed E-state index contributed by atoms with van der Waals surface area (Å²) in [4.78, 5) is 27.2. The summed E-state index contributed by atoms with van der Waals surface area (Å²) in [6.07, 6.45) is -0.594. The number of carbonyl (C=O) groups excluding carboxylic acids is 2. The van der Waals surface area contributed by atoms with Crippen molar-refractivity contribution in [3.8, 4) is 0 Å². The van der Waals surface area contributed by atoms with E-state index in [-0.39, 0.29) is 12.3 Å². The molecule has 0 spiro atoms. The van der Waals surface area contributed by atoms with Gasteiger partial charge in [-0.05, 0) is 26.8 Å². The minimum absolute atomic E-state index is 0.0796. The fraction of sp³-hybridized carbons (Fsp3) is 0.357. The molecule has 0 atom stereocenters. The number of amides is 2. The minimum Gasteiger partial charge on any atom is -0.442 e. The van der Waals surface area contributed by atoms with Gasteiger partial charge in [0.05, 0.1) is 12.1 Å². The summed E-state index contributed by atoms with van der Waals surface area (Å²) in [6.45, 7) is 5.31. The zero-order chi connectivity index (χ0) is 14.0. The minimum atomic E-state index is -0.674. The molecule has 0 radical (unpaired) electrons. The van der Waals surface area contributed by atoms with Gasteiger partial charge in [-0.2, -0.15) is 4.99 Å². The molecule has 0 fully saturated rings. The lowest BCUT2D eigenvalue weighted by Crippen LogP contribution is -2.27. The Balaban J connectivity index is 2.30. The fourth-order valence-electron chi connectivity index (χ4n) is 1.78. The number of aliphatic imine (C=N–C) groups is 1. The molecule has 1 aromatic carbocycles. The van der Waals surface area contributed by atoms with Crippen LogP contribution in [-0.2, 0) is 9.53 Å². The third-order valence-corrected chi connectivity index (χ3v) is 2.46. The molecule has 2 amide bonds. The SMILES string of the molecule is CC(C)(C)OC(=O)N=C1CC(=O)Nc2ccccc21. The van der Waals surface area contributed by atoms with Crippen molar-refractivity contribution in [2.24, 2.45) is 4.99 Å². The van der Waals surface area contributed by atoms with Gasteiger partial charge in [0.1, 0.15) is 5.60 Å². The molecule has 5 nitrogen and oxygen atoms in total. The van der Waals surface area contributed by atoms with E-state index in [0.29, 0.717) is 11.4 Å². The number of para-hydroxylation sites is 1. The molecule has 0 unspecified atom stereocenters. The van der Waals surface area contributed by atoms with E-state index in [9.17, 15) is 9.59 Å². The van der Waals surface area contributed by atoms with Gasteiger partial charge in [-0.25, -0.2) is 4.79 Å². The lowest BCUT2D eigenvalue weighted by Gasteiger charge is -2.20. The number of hydrogen-bond donors (Lipinski definition) is 1. The molecular formula is C14H16N2O3. The van der Waals surface area contributed by atoms with E-state index in [0.717, 1.165) is 5.56 Å². The lowest BCUT2D eigenvalue weighted by molar-refractivity contribution is -0.115. The topological polar surface area (TPSA) is 67.8 Å². The molecule has 2 rings (SSSR count). The van der Waals surface area contributed by atoms with Gasteiger partial charge in [0.2, 0.25) is 5.91 Å². The van der Waals surface area contributed by atoms with Crippen LogP contribution in [0.4, 0.5) is 10.5 Å². The van der Waals surface area contributed by atoms with Crippen molar-refractivity contribution in [2.45, 2.75) is 32.8 Å². The molecule has 0 saturated heterocycles. The molecule has 100 valence electrons. The van der Waals surface area contributed by atoms with Gasteiger partial charge >= 0.3 is 6.09 Å². The Morgan fingerprint density at radius 2 is 2.00 bits per heavy atom. The highest BCUT2D eigenvalue weighted by atomic mass is 16.6. The summed E-state index contributed by atoms with van der Waals surface area (Å²) < 4.78 is 5.13. The van der Waals surface area contributed by atoms with Crippen molar-refractivity contribution in [2.75, 3.05) is 5.32 Å². The van der Waals surface area contributed by atoms with Crippen LogP contribution in [-0.4, -0.2) is 23.3 Å². The zero-order valence-corrected chi connectivity index (χ0v) is 11.2. The van der Waals surface area contributed by atoms with Crippen molar-refractivity contribution >= 4 is 23.4 Å². The van der Waals surface area contributed by atoms with Gasteiger partial charge in [-0.15, -0.1) is 0 Å². The van der Waals surface area contributed by atoms with Crippen molar-refractivity contribution in [1.82, 2.24) is 0 Å². The molecule has 0 aromatic heterocycles. The molecule has 0 bridgehead atoms. The van der Waals surface area contributed by atoms with E-state index in [4.69, 9.17) is 4.74 Å². The van der Waals surface area contributed by atoms with Crippen molar-refractivity contribution in [1.29, 1.82) is 0 Å². The number of hydrogen-bond acceptors (Lipinski definition) is 3. The second-order valence-electron chi connectivity index (χ2n) is 5.31. The predicted octanol–water partition coefficient (Wildman–Crippen LogP) is 2.75. The molecular weight excluding hydrogens is 244 g/mol. The van der Waals surface area contributed by atoms with Crippen LogP contribution >= 0.6 is 0 Å². The summed E-state index contributed by atoms with van der Waals surface area (Å²) in [5.74, 6) is -0.180. The molecule has 5 heteroatoms. The smallest absolute Gasteiger partial charge is 0.434 e. The maximum absolute atomic E-state index is 11.7. The largest absolute Gasteiger partial charge is 0.442 e. The normalized spacial score (nSPS) is 16.8. The second-order valence-corrected chi connectivity index (χ2v) is 5.31. The van der Waals surface area contributed by atoms with E-state index in [1.807, 2.05) is 18.2 Å². The van der Waals surface area contributed by atoms with Gasteiger partial charge in [0.15, 0.2) is 0 Å². The van der Waals surface area contributed by atoms with Crippen LogP contribution in [0.2, 0.25) is 0 Å². The summed E-state index contributed by atoms with van der Waals surface area (Å²) in [7, 11) is 0. The summed E-state index contributed by atoms with van der Waals surface area (Å²) in [6, 6.07) is 7.24. The van der Waals surface area contributed by atoms with Crippen molar-refractivity contribution < 1.29 is 14.3 Å². The number of rotatable bonds is 0. The standard InChI is InChI=1S/C14H16N2O3/c1-14(2,3)19-13(18)16-11-8-12(17)15-10-7-5-4-6-9(10)11/h4-7H,8H2,1-3H3,(H,15,17). The molecule has 0 saturated carbocycles. The number of nitrogens with zero attached hydrogens (tertiary/aromatic N) is 1. The Morgan fingerprint density at radius 1 is 1.32 bits per heavy atom. The molecule has 1 heterocycles. The van der Waals surface area contributed by atoms with Crippen molar-refractivity contribution in [3.05, 3.63) is 29.8 Å². The third-order valence-electron chi connectivity index (χ3n) is 2.46. The highest BCUT2D eigenvalue weighted by molar-refractivity contribution is 6.22. The Hall–Kier alpha value is -2.17. The van der Waals surface area contributed by atoms with Crippen LogP contribution in [0, 0.1) is 0 Å². The predicted molar refractivity (Wildman–Crippen MR) is 72.5 cm³/mol. The maximum atomic E-state index is 11.7. The van der Waals surface area contributed by atoms with Gasteiger partial charge < -0.3 is 10.1 Å².